The summed E-state index contributed by atoms with van der Waals surface area (Å²) in [5.74, 6) is -7.79. The molecule has 8 heteroatoms. The highest BCUT2D eigenvalue weighted by atomic mass is 19.3. The highest BCUT2D eigenvalue weighted by molar-refractivity contribution is 5.75. The van der Waals surface area contributed by atoms with Crippen LogP contribution in [0, 0.1) is 11.8 Å². The van der Waals surface area contributed by atoms with Gasteiger partial charge in [0.15, 0.2) is 5.69 Å². The molecule has 1 heterocycles. The molecule has 4 nitrogen and oxygen atoms in total. The number of benzene rings is 1. The van der Waals surface area contributed by atoms with Crippen molar-refractivity contribution in [1.82, 2.24) is 9.97 Å². The minimum Gasteiger partial charge on any atom is -0.497 e. The average Bonchev–Trinajstić information content (AvgIpc) is 3.28. The summed E-state index contributed by atoms with van der Waals surface area (Å²) in [6, 6.07) is 4.17. The lowest BCUT2D eigenvalue weighted by Crippen LogP contribution is -2.42. The molecule has 1 aromatic heterocycles. The van der Waals surface area contributed by atoms with E-state index in [0.717, 1.165) is 6.42 Å². The second kappa shape index (κ2) is 6.55. The lowest BCUT2D eigenvalue weighted by Gasteiger charge is -2.25. The van der Waals surface area contributed by atoms with Crippen LogP contribution in [0.2, 0.25) is 0 Å². The van der Waals surface area contributed by atoms with Crippen LogP contribution in [0.5, 0.6) is 5.75 Å². The van der Waals surface area contributed by atoms with E-state index in [1.807, 2.05) is 6.92 Å². The van der Waals surface area contributed by atoms with Gasteiger partial charge in [0.05, 0.1) is 18.1 Å². The molecule has 0 bridgehead atoms. The molecular formula is C18H20F4N2O2. The third-order valence-electron chi connectivity index (χ3n) is 5.00. The Hall–Kier alpha value is -2.12. The van der Waals surface area contributed by atoms with Gasteiger partial charge in [0, 0.05) is 12.5 Å². The fraction of sp³-hybridized carbons (Fsp3) is 0.556. The largest absolute Gasteiger partial charge is 0.497 e. The molecule has 0 radical (unpaired) electrons. The molecule has 1 fully saturated rings. The number of H-pyrrole nitrogens is 1. The maximum Gasteiger partial charge on any atom is 0.357 e. The summed E-state index contributed by atoms with van der Waals surface area (Å²) in [7, 11) is 1.40. The van der Waals surface area contributed by atoms with Crippen LogP contribution < -0.4 is 10.3 Å². The third-order valence-corrected chi connectivity index (χ3v) is 5.00. The molecule has 2 unspecified atom stereocenters. The molecule has 2 atom stereocenters. The number of rotatable bonds is 7. The number of aromatic amines is 1. The molecule has 1 saturated carbocycles. The van der Waals surface area contributed by atoms with Crippen molar-refractivity contribution in [3.8, 4) is 5.75 Å². The van der Waals surface area contributed by atoms with Crippen LogP contribution in [-0.4, -0.2) is 23.0 Å². The van der Waals surface area contributed by atoms with Crippen molar-refractivity contribution in [3.05, 3.63) is 34.2 Å². The van der Waals surface area contributed by atoms with Crippen molar-refractivity contribution < 1.29 is 22.3 Å². The van der Waals surface area contributed by atoms with Crippen LogP contribution in [-0.2, 0) is 5.92 Å². The second-order valence-electron chi connectivity index (χ2n) is 6.94. The van der Waals surface area contributed by atoms with Gasteiger partial charge in [-0.05, 0) is 43.2 Å². The second-order valence-corrected chi connectivity index (χ2v) is 6.94. The number of halogens is 4. The number of ether oxygens (including phenoxy) is 1. The van der Waals surface area contributed by atoms with E-state index in [9.17, 15) is 22.4 Å². The summed E-state index contributed by atoms with van der Waals surface area (Å²) < 4.78 is 62.2. The molecule has 3 rings (SSSR count). The van der Waals surface area contributed by atoms with Gasteiger partial charge in [-0.15, -0.1) is 0 Å². The van der Waals surface area contributed by atoms with Crippen molar-refractivity contribution in [2.45, 2.75) is 44.5 Å². The molecule has 1 aliphatic rings. The molecule has 2 aromatic rings. The van der Waals surface area contributed by atoms with Gasteiger partial charge in [0.25, 0.3) is 5.56 Å². The summed E-state index contributed by atoms with van der Waals surface area (Å²) in [6.45, 7) is 2.00. The molecule has 1 N–H and O–H groups in total. The fourth-order valence-electron chi connectivity index (χ4n) is 3.12. The molecule has 0 saturated heterocycles. The monoisotopic (exact) mass is 372 g/mol. The normalized spacial score (nSPS) is 20.4. The maximum atomic E-state index is 14.4. The van der Waals surface area contributed by atoms with Crippen molar-refractivity contribution in [2.24, 2.45) is 11.8 Å². The third kappa shape index (κ3) is 3.41. The first-order valence-corrected chi connectivity index (χ1v) is 8.50. The van der Waals surface area contributed by atoms with Gasteiger partial charge in [0.2, 0.25) is 0 Å². The van der Waals surface area contributed by atoms with E-state index in [-0.39, 0.29) is 17.5 Å². The van der Waals surface area contributed by atoms with Crippen LogP contribution in [0.4, 0.5) is 17.6 Å². The number of aromatic nitrogens is 2. The summed E-state index contributed by atoms with van der Waals surface area (Å²) in [4.78, 5) is 17.7. The fourth-order valence-corrected chi connectivity index (χ4v) is 3.12. The van der Waals surface area contributed by atoms with Gasteiger partial charge in [0.1, 0.15) is 5.75 Å². The van der Waals surface area contributed by atoms with Crippen molar-refractivity contribution in [1.29, 1.82) is 0 Å². The van der Waals surface area contributed by atoms with Crippen LogP contribution in [0.25, 0.3) is 11.0 Å². The van der Waals surface area contributed by atoms with E-state index in [2.05, 4.69) is 9.97 Å². The Bertz CT molecular complexity index is 866. The van der Waals surface area contributed by atoms with Crippen molar-refractivity contribution in [2.75, 3.05) is 7.11 Å². The number of hydrogen-bond donors (Lipinski definition) is 1. The van der Waals surface area contributed by atoms with Crippen LogP contribution in [0.15, 0.2) is 23.0 Å². The van der Waals surface area contributed by atoms with Gasteiger partial charge in [-0.25, -0.2) is 4.98 Å². The molecule has 142 valence electrons. The number of alkyl halides is 4. The Labute approximate surface area is 147 Å². The van der Waals surface area contributed by atoms with E-state index in [1.165, 1.54) is 25.3 Å². The predicted octanol–water partition coefficient (Wildman–Crippen LogP) is 4.49. The van der Waals surface area contributed by atoms with E-state index in [4.69, 9.17) is 4.74 Å². The Kier molecular flexibility index (Phi) is 4.71. The van der Waals surface area contributed by atoms with Crippen LogP contribution >= 0.6 is 0 Å². The summed E-state index contributed by atoms with van der Waals surface area (Å²) in [5, 5.41) is 0. The number of fused-ring (bicyclic) bond motifs is 1. The number of nitrogens with zero attached hydrogens (tertiary/aromatic N) is 1. The molecular weight excluding hydrogens is 352 g/mol. The molecule has 1 aliphatic carbocycles. The first kappa shape index (κ1) is 18.7. The zero-order valence-corrected chi connectivity index (χ0v) is 14.5. The Morgan fingerprint density at radius 1 is 1.31 bits per heavy atom. The van der Waals surface area contributed by atoms with Crippen molar-refractivity contribution in [3.63, 3.8) is 0 Å². The number of nitrogens with one attached hydrogen (secondary N) is 1. The van der Waals surface area contributed by atoms with E-state index in [1.54, 1.807) is 0 Å². The average molecular weight is 372 g/mol. The molecule has 26 heavy (non-hydrogen) atoms. The van der Waals surface area contributed by atoms with Crippen LogP contribution in [0.1, 0.15) is 38.3 Å². The quantitative estimate of drug-likeness (QED) is 0.729. The van der Waals surface area contributed by atoms with Gasteiger partial charge in [-0.2, -0.15) is 17.6 Å². The van der Waals surface area contributed by atoms with E-state index in [0.29, 0.717) is 24.0 Å². The first-order chi connectivity index (χ1) is 12.2. The standard InChI is InChI=1S/C18H20F4N2O2/c1-10-8-11(10)4-3-7-17(19,20)18(21,22)15-16(25)24-14-9-12(26-2)5-6-13(14)23-15/h5-6,9-11H,3-4,7-8H2,1-2H3,(H,24,25). The molecule has 0 aliphatic heterocycles. The SMILES string of the molecule is COc1ccc2nc(C(F)(F)C(F)(F)CCCC3CC3C)c(=O)[nH]c2c1. The maximum absolute atomic E-state index is 14.4. The summed E-state index contributed by atoms with van der Waals surface area (Å²) in [6.07, 6.45) is 0.455. The van der Waals surface area contributed by atoms with Gasteiger partial charge >= 0.3 is 11.8 Å². The van der Waals surface area contributed by atoms with Gasteiger partial charge in [-0.1, -0.05) is 6.92 Å². The molecule has 1 aromatic carbocycles. The first-order valence-electron chi connectivity index (χ1n) is 8.50. The Morgan fingerprint density at radius 2 is 2.00 bits per heavy atom. The molecule has 0 spiro atoms. The van der Waals surface area contributed by atoms with Gasteiger partial charge < -0.3 is 9.72 Å². The summed E-state index contributed by atoms with van der Waals surface area (Å²) in [5.41, 5.74) is -2.66. The number of hydrogen-bond acceptors (Lipinski definition) is 3. The van der Waals surface area contributed by atoms with Crippen molar-refractivity contribution >= 4 is 11.0 Å². The zero-order valence-electron chi connectivity index (χ0n) is 14.5. The van der Waals surface area contributed by atoms with E-state index < -0.39 is 29.5 Å². The van der Waals surface area contributed by atoms with Crippen LogP contribution in [0.3, 0.4) is 0 Å². The minimum absolute atomic E-state index is 0.0114. The zero-order chi connectivity index (χ0) is 19.1. The van der Waals surface area contributed by atoms with E-state index >= 15 is 0 Å². The van der Waals surface area contributed by atoms with Gasteiger partial charge in [-0.3, -0.25) is 4.79 Å². The predicted molar refractivity (Wildman–Crippen MR) is 88.9 cm³/mol. The summed E-state index contributed by atoms with van der Waals surface area (Å²) >= 11 is 0. The highest BCUT2D eigenvalue weighted by Crippen LogP contribution is 2.46. The molecule has 0 amide bonds. The smallest absolute Gasteiger partial charge is 0.357 e. The number of methoxy groups -OCH3 is 1. The minimum atomic E-state index is -4.65. The Balaban J connectivity index is 1.86. The lowest BCUT2D eigenvalue weighted by molar-refractivity contribution is -0.222. The highest BCUT2D eigenvalue weighted by Gasteiger charge is 2.59. The topological polar surface area (TPSA) is 55.0 Å². The lowest BCUT2D eigenvalue weighted by atomic mass is 10.0. The Morgan fingerprint density at radius 3 is 2.62 bits per heavy atom.